The number of aryl methyl sites for hydroxylation is 1. The maximum absolute atomic E-state index is 12.4. The molecule has 1 fully saturated rings. The zero-order valence-electron chi connectivity index (χ0n) is 18.9. The van der Waals surface area contributed by atoms with Gasteiger partial charge in [-0.15, -0.1) is 0 Å². The van der Waals surface area contributed by atoms with Crippen LogP contribution in [0.15, 0.2) is 68.4 Å². The summed E-state index contributed by atoms with van der Waals surface area (Å²) in [7, 11) is 0. The number of aliphatic carboxylic acids is 1. The van der Waals surface area contributed by atoms with Gasteiger partial charge in [-0.3, -0.25) is 10.1 Å². The number of aliphatic imine (C=N–C) groups is 2. The van der Waals surface area contributed by atoms with Crippen LogP contribution < -0.4 is 5.32 Å². The maximum Gasteiger partial charge on any atom is 0.412 e. The fraction of sp³-hybridized carbons (Fsp3) is 0.240. The van der Waals surface area contributed by atoms with Gasteiger partial charge in [0.1, 0.15) is 17.5 Å². The van der Waals surface area contributed by atoms with Crippen molar-refractivity contribution in [2.75, 3.05) is 18.5 Å². The van der Waals surface area contributed by atoms with Crippen molar-refractivity contribution >= 4 is 29.2 Å². The van der Waals surface area contributed by atoms with E-state index in [0.29, 0.717) is 34.3 Å². The normalized spacial score (nSPS) is 18.0. The van der Waals surface area contributed by atoms with E-state index in [4.69, 9.17) is 14.0 Å². The van der Waals surface area contributed by atoms with Crippen molar-refractivity contribution in [2.24, 2.45) is 15.4 Å². The zero-order valence-corrected chi connectivity index (χ0v) is 18.9. The number of ether oxygens (including phenoxy) is 2. The van der Waals surface area contributed by atoms with E-state index < -0.39 is 23.6 Å². The highest BCUT2D eigenvalue weighted by molar-refractivity contribution is 6.54. The van der Waals surface area contributed by atoms with Gasteiger partial charge < -0.3 is 19.1 Å². The fourth-order valence-electron chi connectivity index (χ4n) is 3.72. The van der Waals surface area contributed by atoms with Crippen LogP contribution in [0.3, 0.4) is 0 Å². The van der Waals surface area contributed by atoms with Crippen molar-refractivity contribution in [2.45, 2.75) is 20.0 Å². The Morgan fingerprint density at radius 3 is 2.54 bits per heavy atom. The molecule has 4 heterocycles. The van der Waals surface area contributed by atoms with Crippen molar-refractivity contribution in [3.8, 4) is 11.8 Å². The van der Waals surface area contributed by atoms with Gasteiger partial charge in [-0.05, 0) is 37.3 Å². The number of allylic oxidation sites excluding steroid dienone is 3. The second kappa shape index (κ2) is 8.70. The summed E-state index contributed by atoms with van der Waals surface area (Å²) in [5, 5.41) is 16.1. The molecule has 3 aliphatic heterocycles. The SMILES string of the molecule is Cc1onc(C#CC2=CC3=NC(C4(C(=O)O)COC4)=CC3=N2)c1NC(=O)OC(C)c1ccccc1. The minimum Gasteiger partial charge on any atom is -0.480 e. The minimum atomic E-state index is -1.12. The fourth-order valence-corrected chi connectivity index (χ4v) is 3.72. The molecular formula is C25H20N4O6. The molecule has 3 aliphatic rings. The second-order valence-corrected chi connectivity index (χ2v) is 8.23. The molecule has 176 valence electrons. The average Bonchev–Trinajstić information content (AvgIpc) is 3.46. The van der Waals surface area contributed by atoms with Crippen molar-refractivity contribution < 1.29 is 28.7 Å². The number of aromatic nitrogens is 1. The summed E-state index contributed by atoms with van der Waals surface area (Å²) in [5.74, 6) is 5.14. The summed E-state index contributed by atoms with van der Waals surface area (Å²) < 4.78 is 15.7. The molecule has 0 radical (unpaired) electrons. The van der Waals surface area contributed by atoms with Crippen molar-refractivity contribution in [3.05, 3.63) is 70.9 Å². The van der Waals surface area contributed by atoms with Gasteiger partial charge in [0, 0.05) is 6.08 Å². The van der Waals surface area contributed by atoms with Crippen LogP contribution >= 0.6 is 0 Å². The Labute approximate surface area is 200 Å². The summed E-state index contributed by atoms with van der Waals surface area (Å²) in [6.45, 7) is 3.60. The first kappa shape index (κ1) is 22.3. The van der Waals surface area contributed by atoms with Crippen LogP contribution in [-0.2, 0) is 14.3 Å². The lowest BCUT2D eigenvalue weighted by Crippen LogP contribution is -2.50. The Balaban J connectivity index is 1.27. The van der Waals surface area contributed by atoms with Gasteiger partial charge in [0.15, 0.2) is 16.9 Å². The Bertz CT molecular complexity index is 1400. The third-order valence-electron chi connectivity index (χ3n) is 5.84. The molecule has 1 amide bonds. The number of carbonyl (C=O) groups is 2. The molecule has 0 saturated carbocycles. The van der Waals surface area contributed by atoms with Crippen molar-refractivity contribution in [3.63, 3.8) is 0 Å². The molecule has 10 nitrogen and oxygen atoms in total. The van der Waals surface area contributed by atoms with Crippen molar-refractivity contribution in [1.82, 2.24) is 5.16 Å². The topological polar surface area (TPSA) is 136 Å². The smallest absolute Gasteiger partial charge is 0.412 e. The first-order chi connectivity index (χ1) is 16.9. The summed E-state index contributed by atoms with van der Waals surface area (Å²) in [6.07, 6.45) is 2.20. The summed E-state index contributed by atoms with van der Waals surface area (Å²) in [6, 6.07) is 9.37. The Hall–Kier alpha value is -4.49. The van der Waals surface area contributed by atoms with E-state index in [9.17, 15) is 14.7 Å². The van der Waals surface area contributed by atoms with Crippen LogP contribution in [0.25, 0.3) is 0 Å². The van der Waals surface area contributed by atoms with Crippen LogP contribution in [0.1, 0.15) is 30.0 Å². The third kappa shape index (κ3) is 4.13. The van der Waals surface area contributed by atoms with Gasteiger partial charge in [-0.2, -0.15) is 0 Å². The second-order valence-electron chi connectivity index (χ2n) is 8.23. The first-order valence-electron chi connectivity index (χ1n) is 10.8. The van der Waals surface area contributed by atoms with E-state index >= 15 is 0 Å². The highest BCUT2D eigenvalue weighted by Crippen LogP contribution is 2.39. The minimum absolute atomic E-state index is 0.0858. The van der Waals surface area contributed by atoms with Gasteiger partial charge in [0.25, 0.3) is 0 Å². The molecule has 2 aromatic rings. The molecule has 0 aliphatic carbocycles. The third-order valence-corrected chi connectivity index (χ3v) is 5.84. The van der Waals surface area contributed by atoms with Crippen LogP contribution in [-0.4, -0.2) is 47.0 Å². The van der Waals surface area contributed by atoms with Gasteiger partial charge in [0.05, 0.1) is 30.3 Å². The molecule has 1 aromatic heterocycles. The number of fused-ring (bicyclic) bond motifs is 1. The number of hydrogen-bond donors (Lipinski definition) is 2. The van der Waals surface area contributed by atoms with Gasteiger partial charge in [-0.1, -0.05) is 35.5 Å². The van der Waals surface area contributed by atoms with Gasteiger partial charge in [-0.25, -0.2) is 14.8 Å². The van der Waals surface area contributed by atoms with E-state index in [1.54, 1.807) is 26.0 Å². The quantitative estimate of drug-likeness (QED) is 0.637. The Morgan fingerprint density at radius 1 is 1.14 bits per heavy atom. The number of carbonyl (C=O) groups excluding carboxylic acids is 1. The van der Waals surface area contributed by atoms with Crippen LogP contribution in [0, 0.1) is 24.2 Å². The maximum atomic E-state index is 12.4. The molecule has 1 atom stereocenters. The number of carboxylic acids is 1. The molecule has 5 rings (SSSR count). The molecule has 10 heteroatoms. The monoisotopic (exact) mass is 472 g/mol. The largest absolute Gasteiger partial charge is 0.480 e. The average molecular weight is 472 g/mol. The van der Waals surface area contributed by atoms with Crippen LogP contribution in [0.5, 0.6) is 0 Å². The van der Waals surface area contributed by atoms with E-state index in [1.165, 1.54) is 0 Å². The van der Waals surface area contributed by atoms with Gasteiger partial charge in [0.2, 0.25) is 0 Å². The zero-order chi connectivity index (χ0) is 24.6. The summed E-state index contributed by atoms with van der Waals surface area (Å²) in [5.41, 5.74) is 2.22. The van der Waals surface area contributed by atoms with Crippen LogP contribution in [0.4, 0.5) is 10.5 Å². The number of hydrogen-bond acceptors (Lipinski definition) is 8. The Kier molecular flexibility index (Phi) is 5.55. The lowest BCUT2D eigenvalue weighted by molar-refractivity contribution is -0.171. The molecule has 0 spiro atoms. The standard InChI is InChI=1S/C25H20N4O6/c1-14(16-6-4-3-5-7-16)34-24(32)28-22-15(2)35-29-18(22)9-8-17-10-19-20(26-17)11-21(27-19)25(23(30)31)12-33-13-25/h3-7,10-11,14H,12-13H2,1-2H3,(H,28,32)(H,30,31). The lowest BCUT2D eigenvalue weighted by atomic mass is 9.82. The molecule has 2 N–H and O–H groups in total. The lowest BCUT2D eigenvalue weighted by Gasteiger charge is -2.36. The first-order valence-corrected chi connectivity index (χ1v) is 10.8. The summed E-state index contributed by atoms with van der Waals surface area (Å²) >= 11 is 0. The number of rotatable bonds is 5. The van der Waals surface area contributed by atoms with E-state index in [0.717, 1.165) is 5.56 Å². The molecule has 1 saturated heterocycles. The number of carboxylic acid groups (broad SMARTS) is 1. The molecule has 1 unspecified atom stereocenters. The predicted molar refractivity (Wildman–Crippen MR) is 125 cm³/mol. The van der Waals surface area contributed by atoms with E-state index in [2.05, 4.69) is 32.3 Å². The van der Waals surface area contributed by atoms with E-state index in [1.807, 2.05) is 30.3 Å². The number of amides is 1. The number of nitrogens with one attached hydrogen (secondary N) is 1. The van der Waals surface area contributed by atoms with E-state index in [-0.39, 0.29) is 18.9 Å². The molecule has 1 aromatic carbocycles. The summed E-state index contributed by atoms with van der Waals surface area (Å²) in [4.78, 5) is 32.9. The highest BCUT2D eigenvalue weighted by Gasteiger charge is 2.51. The molecule has 35 heavy (non-hydrogen) atoms. The number of benzene rings is 1. The number of anilines is 1. The molecular weight excluding hydrogens is 452 g/mol. The highest BCUT2D eigenvalue weighted by atomic mass is 16.6. The van der Waals surface area contributed by atoms with Crippen LogP contribution in [0.2, 0.25) is 0 Å². The Morgan fingerprint density at radius 2 is 1.89 bits per heavy atom. The number of nitrogens with zero attached hydrogens (tertiary/aromatic N) is 3. The van der Waals surface area contributed by atoms with Crippen molar-refractivity contribution in [1.29, 1.82) is 0 Å². The molecule has 0 bridgehead atoms. The van der Waals surface area contributed by atoms with Gasteiger partial charge >= 0.3 is 12.1 Å². The predicted octanol–water partition coefficient (Wildman–Crippen LogP) is 3.42.